The van der Waals surface area contributed by atoms with E-state index in [9.17, 15) is 8.78 Å². The minimum atomic E-state index is -0.278. The third-order valence-corrected chi connectivity index (χ3v) is 4.46. The Morgan fingerprint density at radius 3 is 2.25 bits per heavy atom. The summed E-state index contributed by atoms with van der Waals surface area (Å²) in [5, 5.41) is 1.36. The zero-order valence-electron chi connectivity index (χ0n) is 10.8. The van der Waals surface area contributed by atoms with Gasteiger partial charge in [0.2, 0.25) is 0 Å². The van der Waals surface area contributed by atoms with Gasteiger partial charge in [-0.25, -0.2) is 8.78 Å². The minimum Gasteiger partial charge on any atom is -0.207 e. The van der Waals surface area contributed by atoms with Crippen molar-refractivity contribution in [2.75, 3.05) is 5.33 Å². The maximum Gasteiger partial charge on any atom is 0.123 e. The predicted octanol–water partition coefficient (Wildman–Crippen LogP) is 5.41. The maximum absolute atomic E-state index is 13.3. The summed E-state index contributed by atoms with van der Waals surface area (Å²) in [6, 6.07) is 10.9. The van der Waals surface area contributed by atoms with Crippen molar-refractivity contribution in [2.24, 2.45) is 5.92 Å². The highest BCUT2D eigenvalue weighted by Gasteiger charge is 2.12. The Balaban J connectivity index is 2.08. The number of halogens is 4. The smallest absolute Gasteiger partial charge is 0.123 e. The van der Waals surface area contributed by atoms with E-state index < -0.39 is 0 Å². The third kappa shape index (κ3) is 4.29. The van der Waals surface area contributed by atoms with Crippen LogP contribution in [0.3, 0.4) is 0 Å². The van der Waals surface area contributed by atoms with Gasteiger partial charge in [0.05, 0.1) is 0 Å². The van der Waals surface area contributed by atoms with Gasteiger partial charge in [-0.15, -0.1) is 0 Å². The van der Waals surface area contributed by atoms with Gasteiger partial charge in [-0.1, -0.05) is 39.7 Å². The molecule has 106 valence electrons. The molecule has 1 unspecified atom stereocenters. The molecule has 0 bridgehead atoms. The normalized spacial score (nSPS) is 12.4. The molecule has 0 fully saturated rings. The van der Waals surface area contributed by atoms with E-state index in [4.69, 9.17) is 11.6 Å². The highest BCUT2D eigenvalue weighted by atomic mass is 79.9. The molecule has 0 saturated heterocycles. The molecule has 20 heavy (non-hydrogen) atoms. The van der Waals surface area contributed by atoms with Crippen molar-refractivity contribution in [3.05, 3.63) is 70.2 Å². The minimum absolute atomic E-state index is 0.239. The van der Waals surface area contributed by atoms with Gasteiger partial charge in [-0.3, -0.25) is 0 Å². The molecule has 0 N–H and O–H groups in total. The fourth-order valence-corrected chi connectivity index (χ4v) is 2.80. The van der Waals surface area contributed by atoms with Gasteiger partial charge in [-0.2, -0.15) is 0 Å². The van der Waals surface area contributed by atoms with Crippen molar-refractivity contribution in [1.29, 1.82) is 0 Å². The summed E-state index contributed by atoms with van der Waals surface area (Å²) in [7, 11) is 0. The van der Waals surface area contributed by atoms with E-state index in [2.05, 4.69) is 15.9 Å². The largest absolute Gasteiger partial charge is 0.207 e. The molecule has 0 saturated carbocycles. The summed E-state index contributed by atoms with van der Waals surface area (Å²) >= 11 is 9.57. The topological polar surface area (TPSA) is 0 Å². The molecule has 2 rings (SSSR count). The van der Waals surface area contributed by atoms with Crippen LogP contribution in [0.15, 0.2) is 42.5 Å². The summed E-state index contributed by atoms with van der Waals surface area (Å²) in [5.74, 6) is -0.239. The van der Waals surface area contributed by atoms with Crippen molar-refractivity contribution in [3.63, 3.8) is 0 Å². The SMILES string of the molecule is Fc1ccc(CC(CBr)Cc2cc(F)ccc2Cl)cc1. The van der Waals surface area contributed by atoms with Crippen LogP contribution in [0, 0.1) is 17.6 Å². The van der Waals surface area contributed by atoms with Crippen molar-refractivity contribution in [2.45, 2.75) is 12.8 Å². The quantitative estimate of drug-likeness (QED) is 0.626. The molecular formula is C16H14BrClF2. The van der Waals surface area contributed by atoms with Crippen LogP contribution in [-0.2, 0) is 12.8 Å². The van der Waals surface area contributed by atoms with Crippen LogP contribution in [0.4, 0.5) is 8.78 Å². The third-order valence-electron chi connectivity index (χ3n) is 3.17. The summed E-state index contributed by atoms with van der Waals surface area (Å²) in [6.07, 6.45) is 1.47. The Bertz CT molecular complexity index is 569. The van der Waals surface area contributed by atoms with Crippen LogP contribution in [-0.4, -0.2) is 5.33 Å². The second-order valence-corrected chi connectivity index (χ2v) is 5.85. The maximum atomic E-state index is 13.3. The lowest BCUT2D eigenvalue weighted by atomic mass is 9.94. The lowest BCUT2D eigenvalue weighted by molar-refractivity contribution is 0.580. The Hall–Kier alpha value is -0.930. The summed E-state index contributed by atoms with van der Waals surface area (Å²) < 4.78 is 26.1. The predicted molar refractivity (Wildman–Crippen MR) is 82.5 cm³/mol. The van der Waals surface area contributed by atoms with Gasteiger partial charge < -0.3 is 0 Å². The van der Waals surface area contributed by atoms with E-state index in [0.717, 1.165) is 22.9 Å². The van der Waals surface area contributed by atoms with Gasteiger partial charge >= 0.3 is 0 Å². The zero-order valence-corrected chi connectivity index (χ0v) is 13.1. The van der Waals surface area contributed by atoms with Gasteiger partial charge in [0.25, 0.3) is 0 Å². The molecule has 0 nitrogen and oxygen atoms in total. The van der Waals surface area contributed by atoms with Crippen LogP contribution in [0.5, 0.6) is 0 Å². The van der Waals surface area contributed by atoms with E-state index in [1.807, 2.05) is 0 Å². The molecule has 4 heteroatoms. The van der Waals surface area contributed by atoms with Gasteiger partial charge in [0.15, 0.2) is 0 Å². The van der Waals surface area contributed by atoms with Crippen molar-refractivity contribution in [1.82, 2.24) is 0 Å². The van der Waals surface area contributed by atoms with E-state index in [-0.39, 0.29) is 17.6 Å². The first-order chi connectivity index (χ1) is 9.58. The van der Waals surface area contributed by atoms with Crippen molar-refractivity contribution < 1.29 is 8.78 Å². The van der Waals surface area contributed by atoms with Crippen LogP contribution in [0.25, 0.3) is 0 Å². The highest BCUT2D eigenvalue weighted by Crippen LogP contribution is 2.23. The first-order valence-electron chi connectivity index (χ1n) is 6.33. The average Bonchev–Trinajstić information content (AvgIpc) is 2.44. The lowest BCUT2D eigenvalue weighted by Gasteiger charge is -2.15. The summed E-state index contributed by atoms with van der Waals surface area (Å²) in [5.41, 5.74) is 1.86. The second-order valence-electron chi connectivity index (χ2n) is 4.79. The standard InChI is InChI=1S/C16H14BrClF2/c17-10-12(7-11-1-3-14(19)4-2-11)8-13-9-15(20)5-6-16(13)18/h1-6,9,12H,7-8,10H2. The molecule has 2 aromatic rings. The van der Waals surface area contributed by atoms with Crippen LogP contribution in [0.1, 0.15) is 11.1 Å². The lowest BCUT2D eigenvalue weighted by Crippen LogP contribution is -2.10. The van der Waals surface area contributed by atoms with Crippen molar-refractivity contribution >= 4 is 27.5 Å². The number of rotatable bonds is 5. The number of hydrogen-bond acceptors (Lipinski definition) is 0. The molecule has 0 aromatic heterocycles. The molecule has 2 aromatic carbocycles. The Morgan fingerprint density at radius 1 is 0.950 bits per heavy atom. The Morgan fingerprint density at radius 2 is 1.60 bits per heavy atom. The van der Waals surface area contributed by atoms with Crippen molar-refractivity contribution in [3.8, 4) is 0 Å². The highest BCUT2D eigenvalue weighted by molar-refractivity contribution is 9.09. The van der Waals surface area contributed by atoms with Crippen LogP contribution >= 0.6 is 27.5 Å². The first kappa shape index (κ1) is 15.5. The fourth-order valence-electron chi connectivity index (χ4n) is 2.15. The average molecular weight is 360 g/mol. The zero-order chi connectivity index (χ0) is 14.5. The molecule has 0 radical (unpaired) electrons. The van der Waals surface area contributed by atoms with E-state index in [1.54, 1.807) is 18.2 Å². The van der Waals surface area contributed by atoms with Crippen LogP contribution < -0.4 is 0 Å². The summed E-state index contributed by atoms with van der Waals surface area (Å²) in [4.78, 5) is 0. The number of benzene rings is 2. The van der Waals surface area contributed by atoms with E-state index in [0.29, 0.717) is 11.4 Å². The molecule has 0 aliphatic heterocycles. The molecule has 0 heterocycles. The molecule has 1 atom stereocenters. The van der Waals surface area contributed by atoms with Gasteiger partial charge in [0, 0.05) is 10.4 Å². The fraction of sp³-hybridized carbons (Fsp3) is 0.250. The molecule has 0 spiro atoms. The summed E-state index contributed by atoms with van der Waals surface area (Å²) in [6.45, 7) is 0. The molecular weight excluding hydrogens is 346 g/mol. The number of alkyl halides is 1. The molecule has 0 aliphatic carbocycles. The Labute approximate surface area is 130 Å². The molecule has 0 amide bonds. The monoisotopic (exact) mass is 358 g/mol. The van der Waals surface area contributed by atoms with Gasteiger partial charge in [0.1, 0.15) is 11.6 Å². The van der Waals surface area contributed by atoms with Crippen LogP contribution in [0.2, 0.25) is 5.02 Å². The number of hydrogen-bond donors (Lipinski definition) is 0. The first-order valence-corrected chi connectivity index (χ1v) is 7.82. The molecule has 0 aliphatic rings. The van der Waals surface area contributed by atoms with Gasteiger partial charge in [-0.05, 0) is 60.2 Å². The second kappa shape index (κ2) is 7.19. The van der Waals surface area contributed by atoms with E-state index in [1.165, 1.54) is 24.3 Å². The van der Waals surface area contributed by atoms with E-state index >= 15 is 0 Å². The Kier molecular flexibility index (Phi) is 5.55.